The molecule has 4 nitrogen and oxygen atoms in total. The lowest BCUT2D eigenvalue weighted by molar-refractivity contribution is -0.120. The summed E-state index contributed by atoms with van der Waals surface area (Å²) in [5.74, 6) is 0.978. The maximum Gasteiger partial charge on any atom is 0.233 e. The van der Waals surface area contributed by atoms with E-state index in [-0.39, 0.29) is 23.7 Å². The molecule has 21 heavy (non-hydrogen) atoms. The van der Waals surface area contributed by atoms with Crippen molar-refractivity contribution >= 4 is 18.3 Å². The number of carbonyl (C=O) groups is 1. The van der Waals surface area contributed by atoms with Crippen LogP contribution in [0.4, 0.5) is 0 Å². The zero-order chi connectivity index (χ0) is 14.4. The monoisotopic (exact) mass is 312 g/mol. The second-order valence-electron chi connectivity index (χ2n) is 5.49. The third-order valence-electron chi connectivity index (χ3n) is 4.20. The molecule has 0 bridgehead atoms. The van der Waals surface area contributed by atoms with Crippen LogP contribution in [0.2, 0.25) is 0 Å². The third kappa shape index (κ3) is 4.11. The molecule has 5 heteroatoms. The minimum Gasteiger partial charge on any atom is -0.496 e. The fraction of sp³-hybridized carbons (Fsp3) is 0.562. The Kier molecular flexibility index (Phi) is 6.99. The molecule has 0 heterocycles. The summed E-state index contributed by atoms with van der Waals surface area (Å²) >= 11 is 0. The molecule has 1 aliphatic rings. The van der Waals surface area contributed by atoms with Crippen molar-refractivity contribution in [2.75, 3.05) is 27.2 Å². The molecule has 1 aliphatic carbocycles. The van der Waals surface area contributed by atoms with Gasteiger partial charge >= 0.3 is 0 Å². The van der Waals surface area contributed by atoms with E-state index in [1.165, 1.54) is 18.4 Å². The predicted molar refractivity (Wildman–Crippen MR) is 87.3 cm³/mol. The number of hydrogen-bond acceptors (Lipinski definition) is 3. The summed E-state index contributed by atoms with van der Waals surface area (Å²) in [6.45, 7) is 1.05. The van der Waals surface area contributed by atoms with Crippen molar-refractivity contribution in [1.29, 1.82) is 0 Å². The molecule has 0 radical (unpaired) electrons. The average Bonchev–Trinajstić information content (AvgIpc) is 2.95. The van der Waals surface area contributed by atoms with E-state index < -0.39 is 0 Å². The topological polar surface area (TPSA) is 50.4 Å². The third-order valence-corrected chi connectivity index (χ3v) is 4.20. The fourth-order valence-electron chi connectivity index (χ4n) is 3.17. The van der Waals surface area contributed by atoms with Gasteiger partial charge in [0.25, 0.3) is 0 Å². The molecular formula is C16H25ClN2O2. The van der Waals surface area contributed by atoms with Crippen LogP contribution >= 0.6 is 12.4 Å². The molecule has 0 saturated heterocycles. The van der Waals surface area contributed by atoms with Gasteiger partial charge in [-0.25, -0.2) is 0 Å². The van der Waals surface area contributed by atoms with Gasteiger partial charge in [-0.2, -0.15) is 0 Å². The Morgan fingerprint density at radius 3 is 2.57 bits per heavy atom. The van der Waals surface area contributed by atoms with E-state index in [4.69, 9.17) is 4.74 Å². The van der Waals surface area contributed by atoms with Gasteiger partial charge < -0.3 is 15.4 Å². The van der Waals surface area contributed by atoms with Crippen molar-refractivity contribution in [2.45, 2.75) is 31.1 Å². The predicted octanol–water partition coefficient (Wildman–Crippen LogP) is 2.26. The second-order valence-corrected chi connectivity index (χ2v) is 5.49. The first-order valence-corrected chi connectivity index (χ1v) is 7.27. The average molecular weight is 313 g/mol. The minimum absolute atomic E-state index is 0. The van der Waals surface area contributed by atoms with E-state index >= 15 is 0 Å². The van der Waals surface area contributed by atoms with Crippen LogP contribution in [0.15, 0.2) is 24.3 Å². The standard InChI is InChI=1S/C16H24N2O2.ClH/c1-17-11-15(19)18-12-16(9-5-6-10-16)13-7-3-4-8-14(13)20-2;/h3-4,7-8,17H,5-6,9-12H2,1-2H3,(H,18,19);1H. The lowest BCUT2D eigenvalue weighted by Gasteiger charge is -2.31. The van der Waals surface area contributed by atoms with Crippen molar-refractivity contribution in [3.63, 3.8) is 0 Å². The van der Waals surface area contributed by atoms with Crippen LogP contribution in [-0.4, -0.2) is 33.2 Å². The maximum atomic E-state index is 11.7. The van der Waals surface area contributed by atoms with Crippen LogP contribution in [0.25, 0.3) is 0 Å². The number of amides is 1. The highest BCUT2D eigenvalue weighted by molar-refractivity contribution is 5.85. The molecule has 0 aliphatic heterocycles. The number of likely N-dealkylation sites (N-methyl/N-ethyl adjacent to an activating group) is 1. The van der Waals surface area contributed by atoms with Gasteiger partial charge in [-0.1, -0.05) is 31.0 Å². The van der Waals surface area contributed by atoms with E-state index in [0.29, 0.717) is 13.1 Å². The number of para-hydroxylation sites is 1. The smallest absolute Gasteiger partial charge is 0.233 e. The van der Waals surface area contributed by atoms with Crippen LogP contribution in [0.1, 0.15) is 31.2 Å². The van der Waals surface area contributed by atoms with E-state index in [1.54, 1.807) is 14.2 Å². The lowest BCUT2D eigenvalue weighted by atomic mass is 9.78. The zero-order valence-corrected chi connectivity index (χ0v) is 13.6. The van der Waals surface area contributed by atoms with Gasteiger partial charge in [-0.15, -0.1) is 12.4 Å². The van der Waals surface area contributed by atoms with Gasteiger partial charge in [-0.3, -0.25) is 4.79 Å². The fourth-order valence-corrected chi connectivity index (χ4v) is 3.17. The molecule has 1 saturated carbocycles. The summed E-state index contributed by atoms with van der Waals surface area (Å²) in [5, 5.41) is 5.94. The maximum absolute atomic E-state index is 11.7. The summed E-state index contributed by atoms with van der Waals surface area (Å²) in [4.78, 5) is 11.7. The first-order chi connectivity index (χ1) is 9.72. The first kappa shape index (κ1) is 17.8. The van der Waals surface area contributed by atoms with Crippen molar-refractivity contribution in [3.05, 3.63) is 29.8 Å². The molecule has 1 amide bonds. The highest BCUT2D eigenvalue weighted by atomic mass is 35.5. The SMILES string of the molecule is CNCC(=O)NCC1(c2ccccc2OC)CCCC1.Cl. The van der Waals surface area contributed by atoms with Gasteiger partial charge in [0.2, 0.25) is 5.91 Å². The van der Waals surface area contributed by atoms with Gasteiger partial charge in [0.1, 0.15) is 5.75 Å². The summed E-state index contributed by atoms with van der Waals surface area (Å²) in [6.07, 6.45) is 4.63. The van der Waals surface area contributed by atoms with E-state index in [2.05, 4.69) is 16.7 Å². The number of hydrogen-bond donors (Lipinski definition) is 2. The molecular weight excluding hydrogens is 288 g/mol. The van der Waals surface area contributed by atoms with Crippen LogP contribution in [0.3, 0.4) is 0 Å². The Morgan fingerprint density at radius 1 is 1.29 bits per heavy atom. The Morgan fingerprint density at radius 2 is 1.95 bits per heavy atom. The molecule has 2 rings (SSSR count). The molecule has 2 N–H and O–H groups in total. The highest BCUT2D eigenvalue weighted by Crippen LogP contribution is 2.44. The molecule has 1 aromatic carbocycles. The molecule has 0 unspecified atom stereocenters. The van der Waals surface area contributed by atoms with Gasteiger partial charge in [0, 0.05) is 17.5 Å². The van der Waals surface area contributed by atoms with E-state index in [1.807, 2.05) is 18.2 Å². The molecule has 0 spiro atoms. The van der Waals surface area contributed by atoms with Gasteiger partial charge in [0.05, 0.1) is 13.7 Å². The molecule has 1 fully saturated rings. The number of nitrogens with one attached hydrogen (secondary N) is 2. The number of halogens is 1. The molecule has 118 valence electrons. The second kappa shape index (κ2) is 8.25. The van der Waals surface area contributed by atoms with Crippen LogP contribution in [0.5, 0.6) is 5.75 Å². The van der Waals surface area contributed by atoms with Crippen molar-refractivity contribution < 1.29 is 9.53 Å². The summed E-state index contributed by atoms with van der Waals surface area (Å²) in [7, 11) is 3.49. The number of rotatable bonds is 6. The number of ether oxygens (including phenoxy) is 1. The van der Waals surface area contributed by atoms with Crippen molar-refractivity contribution in [1.82, 2.24) is 10.6 Å². The van der Waals surface area contributed by atoms with Crippen LogP contribution < -0.4 is 15.4 Å². The summed E-state index contributed by atoms with van der Waals surface area (Å²) in [5.41, 5.74) is 1.25. The van der Waals surface area contributed by atoms with E-state index in [0.717, 1.165) is 18.6 Å². The number of benzene rings is 1. The molecule has 0 atom stereocenters. The number of carbonyl (C=O) groups excluding carboxylic acids is 1. The Labute approximate surface area is 133 Å². The molecule has 1 aromatic rings. The van der Waals surface area contributed by atoms with Gasteiger partial charge in [-0.05, 0) is 26.0 Å². The van der Waals surface area contributed by atoms with Crippen LogP contribution in [0, 0.1) is 0 Å². The van der Waals surface area contributed by atoms with Crippen molar-refractivity contribution in [3.8, 4) is 5.75 Å². The Bertz CT molecular complexity index is 459. The molecule has 0 aromatic heterocycles. The van der Waals surface area contributed by atoms with Crippen molar-refractivity contribution in [2.24, 2.45) is 0 Å². The highest BCUT2D eigenvalue weighted by Gasteiger charge is 2.37. The quantitative estimate of drug-likeness (QED) is 0.847. The Balaban J connectivity index is 0.00000220. The largest absolute Gasteiger partial charge is 0.496 e. The van der Waals surface area contributed by atoms with E-state index in [9.17, 15) is 4.79 Å². The normalized spacial score (nSPS) is 16.1. The summed E-state index contributed by atoms with van der Waals surface area (Å²) in [6, 6.07) is 8.18. The number of methoxy groups -OCH3 is 1. The van der Waals surface area contributed by atoms with Crippen LogP contribution in [-0.2, 0) is 10.2 Å². The Hall–Kier alpha value is -1.26. The first-order valence-electron chi connectivity index (χ1n) is 7.27. The van der Waals surface area contributed by atoms with Gasteiger partial charge in [0.15, 0.2) is 0 Å². The lowest BCUT2D eigenvalue weighted by Crippen LogP contribution is -2.42. The summed E-state index contributed by atoms with van der Waals surface area (Å²) < 4.78 is 5.51. The zero-order valence-electron chi connectivity index (χ0n) is 12.8. The minimum atomic E-state index is 0.